The van der Waals surface area contributed by atoms with Crippen molar-refractivity contribution >= 4 is 22.4 Å². The quantitative estimate of drug-likeness (QED) is 0.937. The molecule has 1 aromatic carbocycles. The topological polar surface area (TPSA) is 42.0 Å². The molecule has 1 aromatic heterocycles. The lowest BCUT2D eigenvalue weighted by atomic mass is 9.85. The molecule has 1 saturated carbocycles. The normalized spacial score (nSPS) is 20.9. The van der Waals surface area contributed by atoms with Gasteiger partial charge in [-0.2, -0.15) is 0 Å². The first-order valence-electron chi connectivity index (χ1n) is 7.64. The highest BCUT2D eigenvalue weighted by molar-refractivity contribution is 7.15. The molecule has 1 N–H and O–H groups in total. The van der Waals surface area contributed by atoms with Gasteiger partial charge in [-0.15, -0.1) is 11.3 Å². The van der Waals surface area contributed by atoms with E-state index in [0.717, 1.165) is 37.2 Å². The standard InChI is InChI=1S/C17H18N2OS/c20-16(12-6-7-12)19-17-18-14-9-8-13(10-15(14)21-17)11-4-2-1-3-5-11/h1-5,12-13H,6-10H2,(H,18,19,20). The Morgan fingerprint density at radius 2 is 2.00 bits per heavy atom. The van der Waals surface area contributed by atoms with E-state index >= 15 is 0 Å². The average Bonchev–Trinajstić information content (AvgIpc) is 3.28. The van der Waals surface area contributed by atoms with Gasteiger partial charge in [-0.3, -0.25) is 4.79 Å². The van der Waals surface area contributed by atoms with Gasteiger partial charge in [0.2, 0.25) is 5.91 Å². The number of carbonyl (C=O) groups is 1. The van der Waals surface area contributed by atoms with E-state index in [0.29, 0.717) is 5.92 Å². The first kappa shape index (κ1) is 13.0. The minimum atomic E-state index is 0.153. The van der Waals surface area contributed by atoms with Crippen LogP contribution in [0.5, 0.6) is 0 Å². The number of rotatable bonds is 3. The molecule has 0 radical (unpaired) electrons. The van der Waals surface area contributed by atoms with E-state index in [2.05, 4.69) is 40.6 Å². The van der Waals surface area contributed by atoms with Gasteiger partial charge in [0.15, 0.2) is 5.13 Å². The molecule has 1 fully saturated rings. The Bertz CT molecular complexity index is 661. The third kappa shape index (κ3) is 2.72. The van der Waals surface area contributed by atoms with Crippen LogP contribution >= 0.6 is 11.3 Å². The molecule has 2 aliphatic carbocycles. The molecule has 1 atom stereocenters. The van der Waals surface area contributed by atoms with Crippen molar-refractivity contribution in [1.82, 2.24) is 4.98 Å². The maximum atomic E-state index is 11.8. The van der Waals surface area contributed by atoms with Crippen molar-refractivity contribution in [2.45, 2.75) is 38.0 Å². The molecule has 4 rings (SSSR count). The van der Waals surface area contributed by atoms with Gasteiger partial charge < -0.3 is 5.32 Å². The molecule has 3 nitrogen and oxygen atoms in total. The van der Waals surface area contributed by atoms with Crippen LogP contribution in [0, 0.1) is 5.92 Å². The summed E-state index contributed by atoms with van der Waals surface area (Å²) in [5, 5.41) is 3.78. The van der Waals surface area contributed by atoms with Gasteiger partial charge in [-0.05, 0) is 43.6 Å². The van der Waals surface area contributed by atoms with E-state index < -0.39 is 0 Å². The number of hydrogen-bond acceptors (Lipinski definition) is 3. The fourth-order valence-corrected chi connectivity index (χ4v) is 4.08. The second-order valence-electron chi connectivity index (χ2n) is 6.00. The van der Waals surface area contributed by atoms with Crippen LogP contribution in [0.1, 0.15) is 41.3 Å². The van der Waals surface area contributed by atoms with Gasteiger partial charge >= 0.3 is 0 Å². The fourth-order valence-electron chi connectivity index (χ4n) is 2.99. The minimum absolute atomic E-state index is 0.153. The van der Waals surface area contributed by atoms with Crippen molar-refractivity contribution in [2.24, 2.45) is 5.92 Å². The molecule has 1 unspecified atom stereocenters. The van der Waals surface area contributed by atoms with E-state index in [9.17, 15) is 4.79 Å². The van der Waals surface area contributed by atoms with E-state index in [4.69, 9.17) is 0 Å². The third-order valence-electron chi connectivity index (χ3n) is 4.39. The van der Waals surface area contributed by atoms with Crippen molar-refractivity contribution in [3.8, 4) is 0 Å². The number of hydrogen-bond donors (Lipinski definition) is 1. The molecule has 0 spiro atoms. The number of aryl methyl sites for hydroxylation is 1. The van der Waals surface area contributed by atoms with E-state index in [1.54, 1.807) is 11.3 Å². The van der Waals surface area contributed by atoms with Crippen LogP contribution in [0.15, 0.2) is 30.3 Å². The van der Waals surface area contributed by atoms with Crippen molar-refractivity contribution in [1.29, 1.82) is 0 Å². The lowest BCUT2D eigenvalue weighted by Crippen LogP contribution is -2.13. The Hall–Kier alpha value is -1.68. The van der Waals surface area contributed by atoms with E-state index in [1.807, 2.05) is 0 Å². The van der Waals surface area contributed by atoms with Crippen LogP contribution in [0.2, 0.25) is 0 Å². The molecular formula is C17H18N2OS. The number of nitrogens with zero attached hydrogens (tertiary/aromatic N) is 1. The van der Waals surface area contributed by atoms with Gasteiger partial charge in [-0.1, -0.05) is 30.3 Å². The zero-order valence-corrected chi connectivity index (χ0v) is 12.7. The summed E-state index contributed by atoms with van der Waals surface area (Å²) in [5.41, 5.74) is 2.61. The first-order chi connectivity index (χ1) is 10.3. The summed E-state index contributed by atoms with van der Waals surface area (Å²) in [6.45, 7) is 0. The molecule has 2 aromatic rings. The maximum absolute atomic E-state index is 11.8. The number of fused-ring (bicyclic) bond motifs is 1. The van der Waals surface area contributed by atoms with Crippen LogP contribution in [-0.4, -0.2) is 10.9 Å². The highest BCUT2D eigenvalue weighted by Crippen LogP contribution is 2.37. The van der Waals surface area contributed by atoms with Crippen LogP contribution in [0.25, 0.3) is 0 Å². The number of anilines is 1. The smallest absolute Gasteiger partial charge is 0.229 e. The van der Waals surface area contributed by atoms with E-state index in [-0.39, 0.29) is 11.8 Å². The third-order valence-corrected chi connectivity index (χ3v) is 5.42. The SMILES string of the molecule is O=C(Nc1nc2c(s1)CC(c1ccccc1)CC2)C1CC1. The molecule has 0 aliphatic heterocycles. The highest BCUT2D eigenvalue weighted by Gasteiger charge is 2.31. The number of amides is 1. The Morgan fingerprint density at radius 1 is 1.19 bits per heavy atom. The monoisotopic (exact) mass is 298 g/mol. The van der Waals surface area contributed by atoms with Crippen LogP contribution < -0.4 is 5.32 Å². The predicted octanol–water partition coefficient (Wildman–Crippen LogP) is 3.76. The summed E-state index contributed by atoms with van der Waals surface area (Å²) in [6.07, 6.45) is 5.29. The Morgan fingerprint density at radius 3 is 2.76 bits per heavy atom. The van der Waals surface area contributed by atoms with Crippen LogP contribution in [0.3, 0.4) is 0 Å². The van der Waals surface area contributed by atoms with E-state index in [1.165, 1.54) is 16.1 Å². The highest BCUT2D eigenvalue weighted by atomic mass is 32.1. The molecule has 4 heteroatoms. The summed E-state index contributed by atoms with van der Waals surface area (Å²) in [7, 11) is 0. The summed E-state index contributed by atoms with van der Waals surface area (Å²) >= 11 is 1.66. The molecule has 1 heterocycles. The number of aromatic nitrogens is 1. The largest absolute Gasteiger partial charge is 0.302 e. The fraction of sp³-hybridized carbons (Fsp3) is 0.412. The molecule has 0 bridgehead atoms. The first-order valence-corrected chi connectivity index (χ1v) is 8.45. The van der Waals surface area contributed by atoms with Crippen LogP contribution in [0.4, 0.5) is 5.13 Å². The Kier molecular flexibility index (Phi) is 3.26. The Balaban J connectivity index is 1.50. The minimum Gasteiger partial charge on any atom is -0.302 e. The van der Waals surface area contributed by atoms with Gasteiger partial charge in [-0.25, -0.2) is 4.98 Å². The van der Waals surface area contributed by atoms with Crippen molar-refractivity contribution < 1.29 is 4.79 Å². The summed E-state index contributed by atoms with van der Waals surface area (Å²) < 4.78 is 0. The molecule has 1 amide bonds. The number of thiazole rings is 1. The lowest BCUT2D eigenvalue weighted by molar-refractivity contribution is -0.117. The van der Waals surface area contributed by atoms with Gasteiger partial charge in [0, 0.05) is 10.8 Å². The van der Waals surface area contributed by atoms with Crippen LogP contribution in [-0.2, 0) is 17.6 Å². The van der Waals surface area contributed by atoms with Crippen molar-refractivity contribution in [3.63, 3.8) is 0 Å². The lowest BCUT2D eigenvalue weighted by Gasteiger charge is -2.21. The average molecular weight is 298 g/mol. The zero-order chi connectivity index (χ0) is 14.2. The molecule has 0 saturated heterocycles. The Labute approximate surface area is 128 Å². The second-order valence-corrected chi connectivity index (χ2v) is 7.09. The number of benzene rings is 1. The molecule has 21 heavy (non-hydrogen) atoms. The van der Waals surface area contributed by atoms with Crippen molar-refractivity contribution in [3.05, 3.63) is 46.5 Å². The predicted molar refractivity (Wildman–Crippen MR) is 84.7 cm³/mol. The maximum Gasteiger partial charge on any atom is 0.229 e. The van der Waals surface area contributed by atoms with Gasteiger partial charge in [0.25, 0.3) is 0 Å². The molecule has 108 valence electrons. The number of nitrogens with one attached hydrogen (secondary N) is 1. The summed E-state index contributed by atoms with van der Waals surface area (Å²) in [6, 6.07) is 10.7. The van der Waals surface area contributed by atoms with Crippen molar-refractivity contribution in [2.75, 3.05) is 5.32 Å². The summed E-state index contributed by atoms with van der Waals surface area (Å²) in [5.74, 6) is 0.981. The second kappa shape index (κ2) is 5.26. The summed E-state index contributed by atoms with van der Waals surface area (Å²) in [4.78, 5) is 17.8. The number of carbonyl (C=O) groups excluding carboxylic acids is 1. The van der Waals surface area contributed by atoms with Gasteiger partial charge in [0.1, 0.15) is 0 Å². The van der Waals surface area contributed by atoms with Gasteiger partial charge in [0.05, 0.1) is 5.69 Å². The molecule has 2 aliphatic rings. The molecular weight excluding hydrogens is 280 g/mol. The zero-order valence-electron chi connectivity index (χ0n) is 11.8.